The Balaban J connectivity index is 2.32. The van der Waals surface area contributed by atoms with Gasteiger partial charge in [0.1, 0.15) is 0 Å². The SMILES string of the molecule is CNCC1CCCc2ccc(Br)cc21. The van der Waals surface area contributed by atoms with Crippen LogP contribution in [-0.2, 0) is 6.42 Å². The zero-order chi connectivity index (χ0) is 9.97. The quantitative estimate of drug-likeness (QED) is 0.855. The molecule has 1 unspecified atom stereocenters. The van der Waals surface area contributed by atoms with E-state index in [0.717, 1.165) is 6.54 Å². The van der Waals surface area contributed by atoms with Crippen LogP contribution in [0.1, 0.15) is 29.9 Å². The minimum absolute atomic E-state index is 0.709. The molecule has 1 aliphatic rings. The average molecular weight is 254 g/mol. The molecule has 0 spiro atoms. The fourth-order valence-electron chi connectivity index (χ4n) is 2.33. The van der Waals surface area contributed by atoms with Gasteiger partial charge < -0.3 is 5.32 Å². The molecular weight excluding hydrogens is 238 g/mol. The summed E-state index contributed by atoms with van der Waals surface area (Å²) in [5.74, 6) is 0.709. The average Bonchev–Trinajstić information content (AvgIpc) is 2.19. The second-order valence-electron chi connectivity index (χ2n) is 3.99. The Morgan fingerprint density at radius 2 is 2.36 bits per heavy atom. The predicted molar refractivity (Wildman–Crippen MR) is 63.7 cm³/mol. The maximum Gasteiger partial charge on any atom is 0.0178 e. The highest BCUT2D eigenvalue weighted by atomic mass is 79.9. The smallest absolute Gasteiger partial charge is 0.0178 e. The van der Waals surface area contributed by atoms with E-state index in [1.54, 1.807) is 11.1 Å². The third-order valence-corrected chi connectivity index (χ3v) is 3.49. The predicted octanol–water partition coefficient (Wildman–Crippen LogP) is 3.09. The van der Waals surface area contributed by atoms with E-state index in [0.29, 0.717) is 5.92 Å². The lowest BCUT2D eigenvalue weighted by atomic mass is 9.83. The summed E-state index contributed by atoms with van der Waals surface area (Å²) in [5.41, 5.74) is 3.08. The van der Waals surface area contributed by atoms with E-state index in [2.05, 4.69) is 39.4 Å². The van der Waals surface area contributed by atoms with Crippen molar-refractivity contribution in [2.24, 2.45) is 0 Å². The van der Waals surface area contributed by atoms with Crippen molar-refractivity contribution in [3.8, 4) is 0 Å². The Kier molecular flexibility index (Phi) is 3.24. The number of hydrogen-bond donors (Lipinski definition) is 1. The van der Waals surface area contributed by atoms with Crippen LogP contribution in [0.5, 0.6) is 0 Å². The van der Waals surface area contributed by atoms with Crippen LogP contribution in [0.2, 0.25) is 0 Å². The van der Waals surface area contributed by atoms with E-state index in [1.807, 2.05) is 7.05 Å². The molecular formula is C12H16BrN. The van der Waals surface area contributed by atoms with Crippen LogP contribution >= 0.6 is 15.9 Å². The molecule has 0 bridgehead atoms. The molecule has 1 aromatic carbocycles. The van der Waals surface area contributed by atoms with Gasteiger partial charge in [0.15, 0.2) is 0 Å². The second-order valence-corrected chi connectivity index (χ2v) is 4.91. The molecule has 0 amide bonds. The molecule has 1 atom stereocenters. The molecule has 1 N–H and O–H groups in total. The summed E-state index contributed by atoms with van der Waals surface area (Å²) >= 11 is 3.55. The molecule has 0 heterocycles. The van der Waals surface area contributed by atoms with Gasteiger partial charge in [-0.2, -0.15) is 0 Å². The lowest BCUT2D eigenvalue weighted by Gasteiger charge is -2.25. The highest BCUT2D eigenvalue weighted by Crippen LogP contribution is 2.32. The zero-order valence-electron chi connectivity index (χ0n) is 8.52. The molecule has 1 aromatic rings. The van der Waals surface area contributed by atoms with Crippen LogP contribution in [0.4, 0.5) is 0 Å². The molecule has 0 fully saturated rings. The van der Waals surface area contributed by atoms with E-state index in [4.69, 9.17) is 0 Å². The molecule has 76 valence electrons. The van der Waals surface area contributed by atoms with Crippen molar-refractivity contribution in [2.45, 2.75) is 25.2 Å². The molecule has 1 aliphatic carbocycles. The van der Waals surface area contributed by atoms with Crippen molar-refractivity contribution in [3.63, 3.8) is 0 Å². The third kappa shape index (κ3) is 2.01. The highest BCUT2D eigenvalue weighted by molar-refractivity contribution is 9.10. The van der Waals surface area contributed by atoms with Crippen LogP contribution in [0.3, 0.4) is 0 Å². The number of hydrogen-bond acceptors (Lipinski definition) is 1. The number of aryl methyl sites for hydroxylation is 1. The molecule has 2 rings (SSSR count). The third-order valence-electron chi connectivity index (χ3n) is 3.00. The Bertz CT molecular complexity index is 322. The lowest BCUT2D eigenvalue weighted by Crippen LogP contribution is -2.21. The Labute approximate surface area is 94.0 Å². The van der Waals surface area contributed by atoms with Crippen LogP contribution < -0.4 is 5.32 Å². The molecule has 2 heteroatoms. The summed E-state index contributed by atoms with van der Waals surface area (Å²) < 4.78 is 1.21. The first-order valence-corrected chi connectivity index (χ1v) is 6.03. The van der Waals surface area contributed by atoms with Gasteiger partial charge >= 0.3 is 0 Å². The summed E-state index contributed by atoms with van der Waals surface area (Å²) in [6.45, 7) is 1.10. The van der Waals surface area contributed by atoms with Crippen molar-refractivity contribution in [3.05, 3.63) is 33.8 Å². The first-order valence-electron chi connectivity index (χ1n) is 5.24. The second kappa shape index (κ2) is 4.45. The van der Waals surface area contributed by atoms with Crippen molar-refractivity contribution >= 4 is 15.9 Å². The number of benzene rings is 1. The number of likely N-dealkylation sites (N-methyl/N-ethyl adjacent to an activating group) is 1. The molecule has 0 saturated carbocycles. The van der Waals surface area contributed by atoms with Crippen LogP contribution in [0.15, 0.2) is 22.7 Å². The topological polar surface area (TPSA) is 12.0 Å². The van der Waals surface area contributed by atoms with Crippen molar-refractivity contribution in [1.29, 1.82) is 0 Å². The van der Waals surface area contributed by atoms with Crippen LogP contribution in [0.25, 0.3) is 0 Å². The first kappa shape index (κ1) is 10.2. The maximum atomic E-state index is 3.55. The minimum Gasteiger partial charge on any atom is -0.319 e. The molecule has 0 radical (unpaired) electrons. The van der Waals surface area contributed by atoms with E-state index < -0.39 is 0 Å². The van der Waals surface area contributed by atoms with Gasteiger partial charge in [0.25, 0.3) is 0 Å². The number of halogens is 1. The van der Waals surface area contributed by atoms with Gasteiger partial charge in [-0.3, -0.25) is 0 Å². The first-order chi connectivity index (χ1) is 6.81. The fraction of sp³-hybridized carbons (Fsp3) is 0.500. The Morgan fingerprint density at radius 3 is 3.14 bits per heavy atom. The van der Waals surface area contributed by atoms with Gasteiger partial charge in [0.05, 0.1) is 0 Å². The van der Waals surface area contributed by atoms with Crippen molar-refractivity contribution in [2.75, 3.05) is 13.6 Å². The Morgan fingerprint density at radius 1 is 1.50 bits per heavy atom. The molecule has 0 saturated heterocycles. The maximum absolute atomic E-state index is 3.55. The number of fused-ring (bicyclic) bond motifs is 1. The summed E-state index contributed by atoms with van der Waals surface area (Å²) in [6.07, 6.45) is 3.91. The Hall–Kier alpha value is -0.340. The van der Waals surface area contributed by atoms with Gasteiger partial charge in [-0.05, 0) is 55.5 Å². The largest absolute Gasteiger partial charge is 0.319 e. The minimum atomic E-state index is 0.709. The van der Waals surface area contributed by atoms with Crippen molar-refractivity contribution < 1.29 is 0 Å². The summed E-state index contributed by atoms with van der Waals surface area (Å²) in [6, 6.07) is 6.71. The van der Waals surface area contributed by atoms with E-state index in [-0.39, 0.29) is 0 Å². The number of rotatable bonds is 2. The fourth-order valence-corrected chi connectivity index (χ4v) is 2.71. The summed E-state index contributed by atoms with van der Waals surface area (Å²) in [5, 5.41) is 3.28. The van der Waals surface area contributed by atoms with E-state index in [9.17, 15) is 0 Å². The lowest BCUT2D eigenvalue weighted by molar-refractivity contribution is 0.528. The van der Waals surface area contributed by atoms with Gasteiger partial charge in [-0.1, -0.05) is 22.0 Å². The molecule has 14 heavy (non-hydrogen) atoms. The van der Waals surface area contributed by atoms with E-state index in [1.165, 1.54) is 23.7 Å². The summed E-state index contributed by atoms with van der Waals surface area (Å²) in [4.78, 5) is 0. The highest BCUT2D eigenvalue weighted by Gasteiger charge is 2.19. The van der Waals surface area contributed by atoms with Gasteiger partial charge in [0, 0.05) is 11.0 Å². The van der Waals surface area contributed by atoms with Gasteiger partial charge in [0.2, 0.25) is 0 Å². The monoisotopic (exact) mass is 253 g/mol. The van der Waals surface area contributed by atoms with Crippen LogP contribution in [0, 0.1) is 0 Å². The van der Waals surface area contributed by atoms with Gasteiger partial charge in [-0.15, -0.1) is 0 Å². The van der Waals surface area contributed by atoms with E-state index >= 15 is 0 Å². The number of nitrogens with one attached hydrogen (secondary N) is 1. The molecule has 0 aromatic heterocycles. The molecule has 0 aliphatic heterocycles. The molecule has 1 nitrogen and oxygen atoms in total. The summed E-state index contributed by atoms with van der Waals surface area (Å²) in [7, 11) is 2.03. The zero-order valence-corrected chi connectivity index (χ0v) is 10.1. The normalized spacial score (nSPS) is 20.6. The standard InChI is InChI=1S/C12H16BrN/c1-14-8-10-4-2-3-9-5-6-11(13)7-12(9)10/h5-7,10,14H,2-4,8H2,1H3. The van der Waals surface area contributed by atoms with Crippen LogP contribution in [-0.4, -0.2) is 13.6 Å². The van der Waals surface area contributed by atoms with Crippen molar-refractivity contribution in [1.82, 2.24) is 5.32 Å². The van der Waals surface area contributed by atoms with Gasteiger partial charge in [-0.25, -0.2) is 0 Å².